The summed E-state index contributed by atoms with van der Waals surface area (Å²) in [7, 11) is 3.10. The summed E-state index contributed by atoms with van der Waals surface area (Å²) in [5.74, 6) is -1.11. The Morgan fingerprint density at radius 2 is 1.00 bits per heavy atom. The number of hydrogen-bond acceptors (Lipinski definition) is 8. The van der Waals surface area contributed by atoms with E-state index in [1.165, 1.54) is 76.1 Å². The van der Waals surface area contributed by atoms with Crippen molar-refractivity contribution in [3.8, 4) is 22.6 Å². The smallest absolute Gasteiger partial charge is 0.233 e. The van der Waals surface area contributed by atoms with Crippen LogP contribution in [0.4, 0.5) is 11.4 Å². The second-order valence-corrected chi connectivity index (χ2v) is 30.5. The molecular weight excluding hydrogens is 1020 g/mol. The Morgan fingerprint density at radius 3 is 1.38 bits per heavy atom. The van der Waals surface area contributed by atoms with Crippen molar-refractivity contribution in [3.05, 3.63) is 183 Å². The Bertz CT molecular complexity index is 2750. The third-order valence-corrected chi connectivity index (χ3v) is 27.9. The minimum atomic E-state index is -2.16. The third-order valence-electron chi connectivity index (χ3n) is 11.7. The number of rotatable bonds is 19. The number of pyridine rings is 2. The van der Waals surface area contributed by atoms with Gasteiger partial charge in [-0.3, -0.25) is 24.2 Å². The van der Waals surface area contributed by atoms with Crippen LogP contribution in [0.15, 0.2) is 126 Å². The summed E-state index contributed by atoms with van der Waals surface area (Å²) < 4.78 is 17.1. The summed E-state index contributed by atoms with van der Waals surface area (Å²) in [6.07, 6.45) is 15.7. The van der Waals surface area contributed by atoms with Crippen LogP contribution in [0.2, 0.25) is 13.3 Å². The number of nitrogens with zero attached hydrogens (tertiary/aromatic N) is 4. The maximum absolute atomic E-state index is 12.7. The maximum atomic E-state index is 12.7. The molecule has 350 valence electrons. The van der Waals surface area contributed by atoms with Gasteiger partial charge in [-0.15, -0.1) is 0 Å². The van der Waals surface area contributed by atoms with Gasteiger partial charge in [0.2, 0.25) is 28.8 Å². The van der Waals surface area contributed by atoms with E-state index in [0.717, 1.165) is 11.1 Å². The molecule has 0 atom stereocenters. The molecule has 6 rings (SSSR count). The summed E-state index contributed by atoms with van der Waals surface area (Å²) in [6, 6.07) is 26.9. The first-order valence-electron chi connectivity index (χ1n) is 22.8. The quantitative estimate of drug-likeness (QED) is 0.0340. The fourth-order valence-electron chi connectivity index (χ4n) is 7.86. The van der Waals surface area contributed by atoms with Crippen molar-refractivity contribution < 1.29 is 28.7 Å². The van der Waals surface area contributed by atoms with Gasteiger partial charge in [-0.2, -0.15) is 0 Å². The first-order chi connectivity index (χ1) is 32.8. The largest absolute Gasteiger partial charge is 0.496 e. The van der Waals surface area contributed by atoms with Gasteiger partial charge >= 0.3 is 124 Å². The van der Waals surface area contributed by atoms with Gasteiger partial charge in [0.25, 0.3) is 0 Å². The summed E-state index contributed by atoms with van der Waals surface area (Å²) in [4.78, 5) is 65.2. The van der Waals surface area contributed by atoms with E-state index in [1.54, 1.807) is 97.8 Å². The number of halogens is 1. The number of benzene rings is 4. The van der Waals surface area contributed by atoms with Crippen LogP contribution in [-0.2, 0) is 0 Å². The molecular formula is C56H59BrN4O6Sn. The summed E-state index contributed by atoms with van der Waals surface area (Å²) in [5.41, 5.74) is 4.73. The molecule has 0 unspecified atom stereocenters. The number of carbonyl (C=O) groups excluding carboxylic acids is 4. The molecule has 0 aliphatic heterocycles. The minimum Gasteiger partial charge on any atom is -0.496 e. The van der Waals surface area contributed by atoms with Crippen LogP contribution in [0.25, 0.3) is 20.8 Å². The predicted octanol–water partition coefficient (Wildman–Crippen LogP) is 14.2. The molecule has 6 aromatic rings. The molecule has 0 bridgehead atoms. The zero-order valence-corrected chi connectivity index (χ0v) is 44.5. The summed E-state index contributed by atoms with van der Waals surface area (Å²) in [6.45, 7) is 24.9. The van der Waals surface area contributed by atoms with Crippen molar-refractivity contribution in [3.63, 3.8) is 0 Å². The van der Waals surface area contributed by atoms with E-state index in [-0.39, 0.29) is 11.1 Å². The number of carbonyl (C=O) groups is 4. The number of ketones is 4. The van der Waals surface area contributed by atoms with Gasteiger partial charge in [0.05, 0.1) is 27.4 Å². The first-order valence-corrected chi connectivity index (χ1v) is 31.1. The zero-order valence-electron chi connectivity index (χ0n) is 40.0. The second-order valence-electron chi connectivity index (χ2n) is 16.4. The summed E-state index contributed by atoms with van der Waals surface area (Å²) in [5, 5.41) is 0. The van der Waals surface area contributed by atoms with Gasteiger partial charge in [0, 0.05) is 39.1 Å². The van der Waals surface area contributed by atoms with E-state index >= 15 is 0 Å². The Balaban J connectivity index is 0.000000227. The molecule has 0 aliphatic carbocycles. The minimum absolute atomic E-state index is 0.236. The molecule has 0 amide bonds. The van der Waals surface area contributed by atoms with Crippen molar-refractivity contribution in [2.75, 3.05) is 14.2 Å². The Morgan fingerprint density at radius 1 is 0.574 bits per heavy atom. The number of methoxy groups -OCH3 is 2. The fourth-order valence-corrected chi connectivity index (χ4v) is 24.0. The van der Waals surface area contributed by atoms with E-state index in [4.69, 9.17) is 22.6 Å². The number of hydrogen-bond donors (Lipinski definition) is 0. The Labute approximate surface area is 414 Å². The third kappa shape index (κ3) is 14.6. The van der Waals surface area contributed by atoms with Gasteiger partial charge in [0.1, 0.15) is 11.5 Å². The molecule has 0 N–H and O–H groups in total. The van der Waals surface area contributed by atoms with Crippen LogP contribution in [-0.4, -0.2) is 65.7 Å². The van der Waals surface area contributed by atoms with Crippen molar-refractivity contribution >= 4 is 72.4 Å². The molecule has 0 radical (unpaired) electrons. The van der Waals surface area contributed by atoms with Crippen LogP contribution >= 0.6 is 15.9 Å². The first kappa shape index (κ1) is 54.3. The Hall–Kier alpha value is -6.28. The standard InChI is InChI=1S/C22H16N2O3.C17H12BrNO3.C5H4N.3C4H9.Sn/c1-14-11-15(7-9-20(14)27-3)21(25)22(26)16-6-8-19(23-2)18(12-16)17-5-4-10-24-13-17;1-10-8-11(5-7-15(10)22-3)16(20)17(21)12-4-6-14(19-2)13(18)9-12;1-2-4-6-5-3-1;3*1-3-4-2;/h4-13H,1,3H3;4-9H,1,3H3;1-2,4-5H;3*1,3-4H2,2H3;. The molecule has 2 aromatic heterocycles. The van der Waals surface area contributed by atoms with Gasteiger partial charge < -0.3 is 9.47 Å². The maximum Gasteiger partial charge on any atom is 0.233 e. The fraction of sp³-hybridized carbons (Fsp3) is 0.286. The van der Waals surface area contributed by atoms with Gasteiger partial charge in [-0.1, -0.05) is 52.3 Å². The molecule has 0 fully saturated rings. The van der Waals surface area contributed by atoms with Crippen LogP contribution in [0.5, 0.6) is 11.5 Å². The van der Waals surface area contributed by atoms with Crippen molar-refractivity contribution in [1.29, 1.82) is 0 Å². The monoisotopic (exact) mass is 1080 g/mol. The molecule has 0 aliphatic rings. The van der Waals surface area contributed by atoms with Crippen LogP contribution in [0.1, 0.15) is 112 Å². The van der Waals surface area contributed by atoms with Gasteiger partial charge in [-0.25, -0.2) is 9.69 Å². The van der Waals surface area contributed by atoms with E-state index < -0.39 is 41.5 Å². The number of aromatic nitrogens is 2. The van der Waals surface area contributed by atoms with Crippen LogP contribution in [0, 0.1) is 27.0 Å². The van der Waals surface area contributed by atoms with E-state index in [2.05, 4.69) is 74.7 Å². The average molecular weight is 1080 g/mol. The van der Waals surface area contributed by atoms with Crippen molar-refractivity contribution in [2.45, 2.75) is 86.5 Å². The second kappa shape index (κ2) is 27.5. The zero-order chi connectivity index (χ0) is 49.6. The normalized spacial score (nSPS) is 10.5. The van der Waals surface area contributed by atoms with Crippen molar-refractivity contribution in [1.82, 2.24) is 9.97 Å². The van der Waals surface area contributed by atoms with E-state index in [0.29, 0.717) is 49.6 Å². The van der Waals surface area contributed by atoms with E-state index in [1.807, 2.05) is 13.1 Å². The van der Waals surface area contributed by atoms with Crippen LogP contribution in [0.3, 0.4) is 0 Å². The van der Waals surface area contributed by atoms with Gasteiger partial charge in [-0.05, 0) is 84.6 Å². The number of aryl methyl sites for hydroxylation is 2. The number of ether oxygens (including phenoxy) is 2. The SMILES string of the molecule is CCC[CH2][Sn]([CH2]CCC)([CH2]CCC)[c]1cccnc1.[C-]#[N+]c1ccc(C(=O)C(=O)c2ccc(OC)c(C)c2)cc1-c1cccnc1.[C-]#[N+]c1ccc(C(=O)C(=O)c2ccc(OC)c(C)c2)cc1Br. The molecule has 10 nitrogen and oxygen atoms in total. The molecule has 0 spiro atoms. The topological polar surface area (TPSA) is 121 Å². The molecule has 68 heavy (non-hydrogen) atoms. The molecule has 0 saturated carbocycles. The van der Waals surface area contributed by atoms with Crippen LogP contribution < -0.4 is 13.1 Å². The van der Waals surface area contributed by atoms with E-state index in [9.17, 15) is 19.2 Å². The number of unbranched alkanes of at least 4 members (excludes halogenated alkanes) is 3. The molecule has 2 heterocycles. The summed E-state index contributed by atoms with van der Waals surface area (Å²) >= 11 is 1.06. The number of Topliss-reactive ketones (excluding diaryl/α,β-unsaturated/α-hetero) is 4. The predicted molar refractivity (Wildman–Crippen MR) is 278 cm³/mol. The van der Waals surface area contributed by atoms with Gasteiger partial charge in [0.15, 0.2) is 5.69 Å². The Kier molecular flexibility index (Phi) is 22.0. The van der Waals surface area contributed by atoms with Crippen molar-refractivity contribution in [2.24, 2.45) is 0 Å². The molecule has 0 saturated heterocycles. The average Bonchev–Trinajstić information content (AvgIpc) is 3.38. The molecule has 4 aromatic carbocycles. The molecule has 12 heteroatoms.